The van der Waals surface area contributed by atoms with E-state index >= 15 is 0 Å². The molecular weight excluding hydrogens is 382 g/mol. The van der Waals surface area contributed by atoms with Crippen LogP contribution in [0.2, 0.25) is 5.02 Å². The fraction of sp³-hybridized carbons (Fsp3) is 0.158. The summed E-state index contributed by atoms with van der Waals surface area (Å²) in [5, 5.41) is 6.21. The average Bonchev–Trinajstić information content (AvgIpc) is 2.74. The van der Waals surface area contributed by atoms with E-state index in [2.05, 4.69) is 25.6 Å². The first-order valence-electron chi connectivity index (χ1n) is 8.29. The lowest BCUT2D eigenvalue weighted by Gasteiger charge is -2.13. The first-order chi connectivity index (χ1) is 13.6. The maximum atomic E-state index is 12.2. The lowest BCUT2D eigenvalue weighted by molar-refractivity contribution is 0.0949. The lowest BCUT2D eigenvalue weighted by atomic mass is 10.2. The Morgan fingerprint density at radius 1 is 1.07 bits per heavy atom. The van der Waals surface area contributed by atoms with Crippen LogP contribution in [0.15, 0.2) is 48.9 Å². The highest BCUT2D eigenvalue weighted by Gasteiger charge is 2.12. The number of hydrogen-bond donors (Lipinski definition) is 2. The molecule has 9 heteroatoms. The highest BCUT2D eigenvalue weighted by atomic mass is 35.5. The zero-order chi connectivity index (χ0) is 19.9. The van der Waals surface area contributed by atoms with Crippen molar-refractivity contribution in [3.05, 3.63) is 65.2 Å². The van der Waals surface area contributed by atoms with E-state index in [0.29, 0.717) is 40.3 Å². The Labute approximate surface area is 166 Å². The molecule has 2 heterocycles. The van der Waals surface area contributed by atoms with Crippen LogP contribution in [0.4, 0.5) is 11.6 Å². The minimum Gasteiger partial charge on any atom is -0.495 e. The number of rotatable bonds is 7. The molecule has 0 spiro atoms. The van der Waals surface area contributed by atoms with Gasteiger partial charge in [0, 0.05) is 30.7 Å². The van der Waals surface area contributed by atoms with Crippen LogP contribution in [-0.4, -0.2) is 35.1 Å². The maximum absolute atomic E-state index is 12.2. The van der Waals surface area contributed by atoms with Gasteiger partial charge in [-0.1, -0.05) is 17.7 Å². The number of nitrogens with one attached hydrogen (secondary N) is 2. The summed E-state index contributed by atoms with van der Waals surface area (Å²) in [7, 11) is 3.05. The molecule has 3 aromatic rings. The number of methoxy groups -OCH3 is 2. The molecule has 0 aliphatic rings. The Bertz CT molecular complexity index is 952. The van der Waals surface area contributed by atoms with Gasteiger partial charge in [-0.05, 0) is 12.1 Å². The second-order valence-electron chi connectivity index (χ2n) is 5.61. The van der Waals surface area contributed by atoms with Crippen molar-refractivity contribution in [1.82, 2.24) is 20.3 Å². The van der Waals surface area contributed by atoms with Gasteiger partial charge in [0.05, 0.1) is 42.7 Å². The number of aromatic nitrogens is 3. The molecule has 0 saturated heterocycles. The summed E-state index contributed by atoms with van der Waals surface area (Å²) in [5.74, 6) is 0.994. The third kappa shape index (κ3) is 4.66. The van der Waals surface area contributed by atoms with Crippen molar-refractivity contribution in [2.45, 2.75) is 6.54 Å². The molecule has 0 bridgehead atoms. The van der Waals surface area contributed by atoms with Crippen LogP contribution < -0.4 is 20.1 Å². The minimum absolute atomic E-state index is 0.289. The fourth-order valence-electron chi connectivity index (χ4n) is 2.36. The second-order valence-corrected chi connectivity index (χ2v) is 6.02. The summed E-state index contributed by atoms with van der Waals surface area (Å²) in [6.45, 7) is 0.321. The Morgan fingerprint density at radius 3 is 2.46 bits per heavy atom. The van der Waals surface area contributed by atoms with Gasteiger partial charge in [0.25, 0.3) is 5.91 Å². The largest absolute Gasteiger partial charge is 0.495 e. The zero-order valence-corrected chi connectivity index (χ0v) is 16.0. The van der Waals surface area contributed by atoms with Crippen molar-refractivity contribution < 1.29 is 14.3 Å². The molecule has 1 aromatic carbocycles. The van der Waals surface area contributed by atoms with Crippen LogP contribution in [0.3, 0.4) is 0 Å². The molecular formula is C19H18ClN5O3. The van der Waals surface area contributed by atoms with Crippen LogP contribution in [-0.2, 0) is 6.54 Å². The molecule has 8 nitrogen and oxygen atoms in total. The number of carbonyl (C=O) groups excluding carboxylic acids is 1. The van der Waals surface area contributed by atoms with Gasteiger partial charge in [0.2, 0.25) is 5.95 Å². The standard InChI is InChI=1S/C19H18ClN5O3/c1-27-16-8-15(17(28-2)7-14(16)20)25-19-23-9-12(10-24-19)18(26)22-11-13-5-3-4-6-21-13/h3-10H,11H2,1-2H3,(H,22,26)(H,23,24,25). The zero-order valence-electron chi connectivity index (χ0n) is 15.3. The van der Waals surface area contributed by atoms with E-state index in [-0.39, 0.29) is 5.91 Å². The monoisotopic (exact) mass is 399 g/mol. The Morgan fingerprint density at radius 2 is 1.82 bits per heavy atom. The van der Waals surface area contributed by atoms with E-state index in [9.17, 15) is 4.79 Å². The maximum Gasteiger partial charge on any atom is 0.254 e. The van der Waals surface area contributed by atoms with E-state index in [4.69, 9.17) is 21.1 Å². The van der Waals surface area contributed by atoms with Gasteiger partial charge >= 0.3 is 0 Å². The van der Waals surface area contributed by atoms with Crippen molar-refractivity contribution >= 4 is 29.1 Å². The topological polar surface area (TPSA) is 98.3 Å². The predicted molar refractivity (Wildman–Crippen MR) is 105 cm³/mol. The van der Waals surface area contributed by atoms with Crippen LogP contribution in [0.1, 0.15) is 16.1 Å². The van der Waals surface area contributed by atoms with Gasteiger partial charge in [0.15, 0.2) is 0 Å². The SMILES string of the molecule is COc1cc(Nc2ncc(C(=O)NCc3ccccn3)cn2)c(OC)cc1Cl. The second kappa shape index (κ2) is 9.01. The minimum atomic E-state index is -0.289. The summed E-state index contributed by atoms with van der Waals surface area (Å²) in [6.07, 6.45) is 4.54. The number of pyridine rings is 1. The summed E-state index contributed by atoms with van der Waals surface area (Å²) >= 11 is 6.10. The Hall–Kier alpha value is -3.39. The number of amides is 1. The first kappa shape index (κ1) is 19.4. The molecule has 0 saturated carbocycles. The molecule has 0 aliphatic heterocycles. The van der Waals surface area contributed by atoms with Crippen molar-refractivity contribution in [2.24, 2.45) is 0 Å². The quantitative estimate of drug-likeness (QED) is 0.629. The number of ether oxygens (including phenoxy) is 2. The Kier molecular flexibility index (Phi) is 6.23. The van der Waals surface area contributed by atoms with Gasteiger partial charge in [-0.3, -0.25) is 9.78 Å². The van der Waals surface area contributed by atoms with Crippen molar-refractivity contribution in [1.29, 1.82) is 0 Å². The Balaban J connectivity index is 1.68. The van der Waals surface area contributed by atoms with Crippen LogP contribution >= 0.6 is 11.6 Å². The number of carbonyl (C=O) groups is 1. The van der Waals surface area contributed by atoms with Crippen molar-refractivity contribution in [2.75, 3.05) is 19.5 Å². The molecule has 0 aliphatic carbocycles. The molecule has 1 amide bonds. The molecule has 2 N–H and O–H groups in total. The highest BCUT2D eigenvalue weighted by molar-refractivity contribution is 6.32. The molecule has 2 aromatic heterocycles. The molecule has 28 heavy (non-hydrogen) atoms. The van der Waals surface area contributed by atoms with Crippen LogP contribution in [0.5, 0.6) is 11.5 Å². The molecule has 0 unspecified atom stereocenters. The van der Waals surface area contributed by atoms with E-state index in [0.717, 1.165) is 5.69 Å². The first-order valence-corrected chi connectivity index (χ1v) is 8.67. The molecule has 0 radical (unpaired) electrons. The van der Waals surface area contributed by atoms with Crippen molar-refractivity contribution in [3.8, 4) is 11.5 Å². The van der Waals surface area contributed by atoms with E-state index in [1.165, 1.54) is 26.6 Å². The van der Waals surface area contributed by atoms with Crippen molar-refractivity contribution in [3.63, 3.8) is 0 Å². The third-order valence-electron chi connectivity index (χ3n) is 3.79. The van der Waals surface area contributed by atoms with Gasteiger partial charge in [-0.15, -0.1) is 0 Å². The molecule has 0 fully saturated rings. The van der Waals surface area contributed by atoms with Gasteiger partial charge in [0.1, 0.15) is 11.5 Å². The van der Waals surface area contributed by atoms with Gasteiger partial charge < -0.3 is 20.1 Å². The average molecular weight is 400 g/mol. The number of nitrogens with zero attached hydrogens (tertiary/aromatic N) is 3. The van der Waals surface area contributed by atoms with Gasteiger partial charge in [-0.2, -0.15) is 0 Å². The lowest BCUT2D eigenvalue weighted by Crippen LogP contribution is -2.23. The number of anilines is 2. The predicted octanol–water partition coefficient (Wildman–Crippen LogP) is 3.22. The molecule has 144 valence electrons. The molecule has 3 rings (SSSR count). The number of halogens is 1. The van der Waals surface area contributed by atoms with E-state index in [1.54, 1.807) is 18.3 Å². The highest BCUT2D eigenvalue weighted by Crippen LogP contribution is 2.36. The van der Waals surface area contributed by atoms with Gasteiger partial charge in [-0.25, -0.2) is 9.97 Å². The van der Waals surface area contributed by atoms with E-state index < -0.39 is 0 Å². The summed E-state index contributed by atoms with van der Waals surface area (Å²) in [5.41, 5.74) is 1.68. The number of hydrogen-bond acceptors (Lipinski definition) is 7. The third-order valence-corrected chi connectivity index (χ3v) is 4.09. The summed E-state index contributed by atoms with van der Waals surface area (Å²) in [4.78, 5) is 24.7. The molecule has 0 atom stereocenters. The fourth-order valence-corrected chi connectivity index (χ4v) is 2.59. The normalized spacial score (nSPS) is 10.2. The van der Waals surface area contributed by atoms with Crippen LogP contribution in [0.25, 0.3) is 0 Å². The number of benzene rings is 1. The van der Waals surface area contributed by atoms with E-state index in [1.807, 2.05) is 18.2 Å². The smallest absolute Gasteiger partial charge is 0.254 e. The van der Waals surface area contributed by atoms with Crippen LogP contribution in [0, 0.1) is 0 Å². The summed E-state index contributed by atoms with van der Waals surface area (Å²) in [6, 6.07) is 8.81. The summed E-state index contributed by atoms with van der Waals surface area (Å²) < 4.78 is 10.5.